The molecule has 0 saturated carbocycles. The summed E-state index contributed by atoms with van der Waals surface area (Å²) in [5.41, 5.74) is 0. The molecule has 96 valence electrons. The lowest BCUT2D eigenvalue weighted by atomic mass is 9.88. The Kier molecular flexibility index (Phi) is 3.03. The van der Waals surface area contributed by atoms with Gasteiger partial charge in [0.15, 0.2) is 12.4 Å². The fraction of sp³-hybridized carbons (Fsp3) is 1.00. The number of aliphatic hydroxyl groups excluding tert-OH is 2. The maximum atomic E-state index is 9.17. The lowest BCUT2D eigenvalue weighted by Gasteiger charge is -2.51. The van der Waals surface area contributed by atoms with Gasteiger partial charge in [-0.1, -0.05) is 0 Å². The molecule has 1 aliphatic heterocycles. The Bertz CT molecular complexity index is 270. The Morgan fingerprint density at radius 1 is 0.875 bits per heavy atom. The number of hydrogen-bond donors (Lipinski definition) is 9. The van der Waals surface area contributed by atoms with Crippen LogP contribution < -0.4 is 0 Å². The number of rotatable bonds is 1. The molecule has 0 aliphatic carbocycles. The van der Waals surface area contributed by atoms with Crippen molar-refractivity contribution in [1.82, 2.24) is 0 Å². The average Bonchev–Trinajstić information content (AvgIpc) is 2.10. The normalized spacial score (nSPS) is 36.4. The summed E-state index contributed by atoms with van der Waals surface area (Å²) in [6.45, 7) is 0. The first-order valence-electron chi connectivity index (χ1n) is 4.00. The second-order valence-electron chi connectivity index (χ2n) is 3.45. The summed E-state index contributed by atoms with van der Waals surface area (Å²) >= 11 is 0. The molecule has 1 heterocycles. The van der Waals surface area contributed by atoms with E-state index in [1.807, 2.05) is 0 Å². The summed E-state index contributed by atoms with van der Waals surface area (Å²) < 4.78 is 4.05. The summed E-state index contributed by atoms with van der Waals surface area (Å²) in [7, 11) is 0. The van der Waals surface area contributed by atoms with Gasteiger partial charge in [0, 0.05) is 0 Å². The van der Waals surface area contributed by atoms with Gasteiger partial charge < -0.3 is 50.7 Å². The molecule has 1 aliphatic rings. The predicted octanol–water partition coefficient (Wildman–Crippen LogP) is -5.94. The largest absolute Gasteiger partial charge is 0.366 e. The quantitative estimate of drug-likeness (QED) is 0.200. The summed E-state index contributed by atoms with van der Waals surface area (Å²) in [5.74, 6) is -11.8. The fourth-order valence-corrected chi connectivity index (χ4v) is 1.25. The van der Waals surface area contributed by atoms with Gasteiger partial charge in [-0.25, -0.2) is 0 Å². The maximum absolute atomic E-state index is 9.17. The minimum atomic E-state index is -4.08. The van der Waals surface area contributed by atoms with Crippen LogP contribution in [-0.4, -0.2) is 82.0 Å². The van der Waals surface area contributed by atoms with Gasteiger partial charge in [0.2, 0.25) is 6.29 Å². The highest BCUT2D eigenvalue weighted by molar-refractivity contribution is 5.04. The second kappa shape index (κ2) is 3.54. The van der Waals surface area contributed by atoms with Crippen molar-refractivity contribution in [3.05, 3.63) is 0 Å². The monoisotopic (exact) mass is 244 g/mol. The van der Waals surface area contributed by atoms with Crippen molar-refractivity contribution in [1.29, 1.82) is 0 Å². The predicted molar refractivity (Wildman–Crippen MR) is 40.6 cm³/mol. The minimum Gasteiger partial charge on any atom is -0.366 e. The van der Waals surface area contributed by atoms with Gasteiger partial charge in [-0.15, -0.1) is 0 Å². The van der Waals surface area contributed by atoms with E-state index in [1.54, 1.807) is 0 Å². The van der Waals surface area contributed by atoms with E-state index in [4.69, 9.17) is 46.0 Å². The van der Waals surface area contributed by atoms with Crippen molar-refractivity contribution in [2.24, 2.45) is 0 Å². The molecule has 0 aromatic heterocycles. The zero-order chi connectivity index (χ0) is 12.9. The van der Waals surface area contributed by atoms with E-state index in [9.17, 15) is 0 Å². The molecular weight excluding hydrogens is 232 g/mol. The Hall–Kier alpha value is -0.400. The van der Waals surface area contributed by atoms with Crippen molar-refractivity contribution in [3.8, 4) is 0 Å². The molecule has 2 atom stereocenters. The first-order chi connectivity index (χ1) is 6.96. The highest BCUT2D eigenvalue weighted by Crippen LogP contribution is 2.40. The summed E-state index contributed by atoms with van der Waals surface area (Å²) in [5, 5.41) is 80.8. The molecule has 1 unspecified atom stereocenters. The molecule has 0 spiro atoms. The van der Waals surface area contributed by atoms with Crippen molar-refractivity contribution >= 4 is 0 Å². The highest BCUT2D eigenvalue weighted by Gasteiger charge is 2.73. The fourth-order valence-electron chi connectivity index (χ4n) is 1.25. The zero-order valence-electron chi connectivity index (χ0n) is 7.67. The molecule has 1 rings (SSSR count). The molecule has 1 fully saturated rings. The lowest BCUT2D eigenvalue weighted by Crippen LogP contribution is -2.81. The molecule has 0 aromatic rings. The van der Waals surface area contributed by atoms with Crippen LogP contribution in [0.15, 0.2) is 0 Å². The van der Waals surface area contributed by atoms with E-state index < -0.39 is 36.0 Å². The van der Waals surface area contributed by atoms with Gasteiger partial charge in [-0.2, -0.15) is 0 Å². The smallest absolute Gasteiger partial charge is 0.282 e. The summed E-state index contributed by atoms with van der Waals surface area (Å²) in [6, 6.07) is 0. The van der Waals surface area contributed by atoms with Gasteiger partial charge in [-0.05, 0) is 0 Å². The van der Waals surface area contributed by atoms with E-state index in [1.165, 1.54) is 0 Å². The van der Waals surface area contributed by atoms with Crippen LogP contribution in [0.5, 0.6) is 0 Å². The van der Waals surface area contributed by atoms with E-state index in [0.29, 0.717) is 0 Å². The Morgan fingerprint density at radius 3 is 1.69 bits per heavy atom. The summed E-state index contributed by atoms with van der Waals surface area (Å²) in [6.07, 6.45) is -7.83. The van der Waals surface area contributed by atoms with Crippen LogP contribution in [0.2, 0.25) is 0 Å². The van der Waals surface area contributed by atoms with Crippen LogP contribution in [0.25, 0.3) is 0 Å². The van der Waals surface area contributed by atoms with Crippen LogP contribution in [0.3, 0.4) is 0 Å². The maximum Gasteiger partial charge on any atom is 0.282 e. The molecule has 0 bridgehead atoms. The minimum absolute atomic E-state index is 2.50. The number of ether oxygens (including phenoxy) is 1. The Morgan fingerprint density at radius 2 is 1.31 bits per heavy atom. The molecule has 16 heavy (non-hydrogen) atoms. The molecule has 0 radical (unpaired) electrons. The lowest BCUT2D eigenvalue weighted by molar-refractivity contribution is -0.543. The van der Waals surface area contributed by atoms with Crippen molar-refractivity contribution < 1.29 is 50.7 Å². The Labute approximate surface area is 87.8 Å². The topological polar surface area (TPSA) is 191 Å². The van der Waals surface area contributed by atoms with E-state index >= 15 is 0 Å². The SMILES string of the molecule is OC(O)[C@H]1OC(O)C(O)(O)C(O)(O)C1(O)O. The van der Waals surface area contributed by atoms with Crippen LogP contribution in [0.4, 0.5) is 0 Å². The van der Waals surface area contributed by atoms with E-state index in [2.05, 4.69) is 4.74 Å². The van der Waals surface area contributed by atoms with Gasteiger partial charge >= 0.3 is 0 Å². The third kappa shape index (κ3) is 1.53. The average molecular weight is 244 g/mol. The highest BCUT2D eigenvalue weighted by atomic mass is 16.7. The van der Waals surface area contributed by atoms with Gasteiger partial charge in [0.05, 0.1) is 0 Å². The first kappa shape index (κ1) is 13.7. The van der Waals surface area contributed by atoms with Gasteiger partial charge in [0.25, 0.3) is 17.4 Å². The molecular formula is C6H12O10. The zero-order valence-corrected chi connectivity index (χ0v) is 7.67. The third-order valence-corrected chi connectivity index (χ3v) is 2.31. The molecule has 0 amide bonds. The van der Waals surface area contributed by atoms with Crippen LogP contribution in [-0.2, 0) is 4.74 Å². The van der Waals surface area contributed by atoms with Crippen molar-refractivity contribution in [3.63, 3.8) is 0 Å². The standard InChI is InChI=1S/C6H12O10/c7-2(8)1-4(10,11)6(14,15)5(12,13)3(9)16-1/h1-3,7-15H/t1-,3?/m1/s1. The summed E-state index contributed by atoms with van der Waals surface area (Å²) in [4.78, 5) is 0. The van der Waals surface area contributed by atoms with Crippen molar-refractivity contribution in [2.45, 2.75) is 36.0 Å². The molecule has 1 saturated heterocycles. The van der Waals surface area contributed by atoms with Gasteiger partial charge in [-0.3, -0.25) is 0 Å². The first-order valence-corrected chi connectivity index (χ1v) is 4.00. The second-order valence-corrected chi connectivity index (χ2v) is 3.45. The molecule has 0 aromatic carbocycles. The van der Waals surface area contributed by atoms with E-state index in [-0.39, 0.29) is 0 Å². The van der Waals surface area contributed by atoms with Crippen molar-refractivity contribution in [2.75, 3.05) is 0 Å². The number of hydrogen-bond acceptors (Lipinski definition) is 10. The van der Waals surface area contributed by atoms with Crippen LogP contribution in [0.1, 0.15) is 0 Å². The van der Waals surface area contributed by atoms with Crippen LogP contribution >= 0.6 is 0 Å². The molecule has 10 heteroatoms. The van der Waals surface area contributed by atoms with Crippen LogP contribution in [0, 0.1) is 0 Å². The molecule has 9 N–H and O–H groups in total. The molecule has 10 nitrogen and oxygen atoms in total. The van der Waals surface area contributed by atoms with E-state index in [0.717, 1.165) is 0 Å². The Balaban J connectivity index is 3.21. The number of aliphatic hydroxyl groups is 9. The third-order valence-electron chi connectivity index (χ3n) is 2.31. The van der Waals surface area contributed by atoms with Gasteiger partial charge in [0.1, 0.15) is 0 Å².